The molecule has 7 nitrogen and oxygen atoms in total. The van der Waals surface area contributed by atoms with Gasteiger partial charge >= 0.3 is 0 Å². The molecule has 0 aliphatic rings. The van der Waals surface area contributed by atoms with Crippen molar-refractivity contribution in [3.63, 3.8) is 0 Å². The topological polar surface area (TPSA) is 90.1 Å². The minimum absolute atomic E-state index is 0.0342. The second-order valence-corrected chi connectivity index (χ2v) is 4.44. The first-order chi connectivity index (χ1) is 9.56. The molecule has 0 bridgehead atoms. The number of non-ortho nitro benzene ring substituents is 1. The van der Waals surface area contributed by atoms with Crippen LogP contribution in [0, 0.1) is 10.1 Å². The number of hydrogen-bond acceptors (Lipinski definition) is 4. The molecule has 0 aliphatic heterocycles. The highest BCUT2D eigenvalue weighted by Gasteiger charge is 2.12. The van der Waals surface area contributed by atoms with Crippen LogP contribution in [-0.2, 0) is 6.54 Å². The molecule has 2 rings (SSSR count). The first kappa shape index (κ1) is 13.7. The highest BCUT2D eigenvalue weighted by atomic mass is 16.6. The SMILES string of the molecule is CC(Cn1ccnc1)NC(=O)c1ccc([N+](=O)[O-])cc1. The Morgan fingerprint density at radius 1 is 1.45 bits per heavy atom. The minimum atomic E-state index is -0.497. The molecule has 20 heavy (non-hydrogen) atoms. The molecule has 0 spiro atoms. The summed E-state index contributed by atoms with van der Waals surface area (Å²) in [6.07, 6.45) is 5.16. The summed E-state index contributed by atoms with van der Waals surface area (Å²) in [4.78, 5) is 25.9. The average molecular weight is 274 g/mol. The Bertz CT molecular complexity index is 593. The Hall–Kier alpha value is -2.70. The highest BCUT2D eigenvalue weighted by molar-refractivity contribution is 5.94. The van der Waals surface area contributed by atoms with Crippen LogP contribution < -0.4 is 5.32 Å². The average Bonchev–Trinajstić information content (AvgIpc) is 2.91. The number of carbonyl (C=O) groups excluding carboxylic acids is 1. The number of nitrogens with one attached hydrogen (secondary N) is 1. The smallest absolute Gasteiger partial charge is 0.269 e. The monoisotopic (exact) mass is 274 g/mol. The van der Waals surface area contributed by atoms with E-state index in [1.54, 1.807) is 12.5 Å². The maximum absolute atomic E-state index is 12.0. The second-order valence-electron chi connectivity index (χ2n) is 4.44. The van der Waals surface area contributed by atoms with Crippen LogP contribution in [0.15, 0.2) is 43.0 Å². The predicted molar refractivity (Wildman–Crippen MR) is 72.3 cm³/mol. The van der Waals surface area contributed by atoms with Crippen LogP contribution in [0.25, 0.3) is 0 Å². The summed E-state index contributed by atoms with van der Waals surface area (Å²) in [7, 11) is 0. The molecule has 104 valence electrons. The number of rotatable bonds is 5. The fourth-order valence-electron chi connectivity index (χ4n) is 1.80. The molecule has 1 atom stereocenters. The summed E-state index contributed by atoms with van der Waals surface area (Å²) in [5.41, 5.74) is 0.362. The summed E-state index contributed by atoms with van der Waals surface area (Å²) in [5.74, 6) is -0.257. The number of hydrogen-bond donors (Lipinski definition) is 1. The molecular formula is C13H14N4O3. The number of benzene rings is 1. The summed E-state index contributed by atoms with van der Waals surface area (Å²) in [6, 6.07) is 5.44. The lowest BCUT2D eigenvalue weighted by Crippen LogP contribution is -2.35. The van der Waals surface area contributed by atoms with Gasteiger partial charge in [0.2, 0.25) is 0 Å². The van der Waals surface area contributed by atoms with Crippen LogP contribution in [0.3, 0.4) is 0 Å². The van der Waals surface area contributed by atoms with Crippen molar-refractivity contribution in [2.75, 3.05) is 0 Å². The van der Waals surface area contributed by atoms with Crippen molar-refractivity contribution in [3.05, 3.63) is 58.7 Å². The van der Waals surface area contributed by atoms with Crippen molar-refractivity contribution in [1.29, 1.82) is 0 Å². The molecule has 2 aromatic rings. The van der Waals surface area contributed by atoms with Crippen molar-refractivity contribution in [2.24, 2.45) is 0 Å². The van der Waals surface area contributed by atoms with Crippen LogP contribution in [0.5, 0.6) is 0 Å². The molecule has 1 N–H and O–H groups in total. The van der Waals surface area contributed by atoms with Gasteiger partial charge in [-0.1, -0.05) is 0 Å². The Morgan fingerprint density at radius 2 is 2.15 bits per heavy atom. The van der Waals surface area contributed by atoms with Gasteiger partial charge < -0.3 is 9.88 Å². The Labute approximate surface area is 115 Å². The summed E-state index contributed by atoms with van der Waals surface area (Å²) in [5, 5.41) is 13.4. The minimum Gasteiger partial charge on any atom is -0.348 e. The van der Waals surface area contributed by atoms with Crippen molar-refractivity contribution in [1.82, 2.24) is 14.9 Å². The molecule has 1 aromatic carbocycles. The molecule has 1 amide bonds. The lowest BCUT2D eigenvalue weighted by atomic mass is 10.2. The summed E-state index contributed by atoms with van der Waals surface area (Å²) < 4.78 is 1.86. The van der Waals surface area contributed by atoms with Gasteiger partial charge in [-0.05, 0) is 19.1 Å². The number of nitro benzene ring substituents is 1. The normalized spacial score (nSPS) is 11.8. The molecule has 0 radical (unpaired) electrons. The highest BCUT2D eigenvalue weighted by Crippen LogP contribution is 2.11. The maximum Gasteiger partial charge on any atom is 0.269 e. The first-order valence-corrected chi connectivity index (χ1v) is 6.07. The number of nitro groups is 1. The largest absolute Gasteiger partial charge is 0.348 e. The van der Waals surface area contributed by atoms with E-state index < -0.39 is 4.92 Å². The van der Waals surface area contributed by atoms with Crippen molar-refractivity contribution in [3.8, 4) is 0 Å². The number of imidazole rings is 1. The zero-order chi connectivity index (χ0) is 14.5. The van der Waals surface area contributed by atoms with Crippen molar-refractivity contribution >= 4 is 11.6 Å². The maximum atomic E-state index is 12.0. The fourth-order valence-corrected chi connectivity index (χ4v) is 1.80. The first-order valence-electron chi connectivity index (χ1n) is 6.07. The van der Waals surface area contributed by atoms with Crippen LogP contribution in [0.2, 0.25) is 0 Å². The molecule has 0 saturated heterocycles. The molecular weight excluding hydrogens is 260 g/mol. The van der Waals surface area contributed by atoms with Crippen LogP contribution in [-0.4, -0.2) is 26.4 Å². The van der Waals surface area contributed by atoms with E-state index in [9.17, 15) is 14.9 Å². The summed E-state index contributed by atoms with van der Waals surface area (Å²) >= 11 is 0. The number of carbonyl (C=O) groups is 1. The van der Waals surface area contributed by atoms with Crippen LogP contribution in [0.4, 0.5) is 5.69 Å². The number of aromatic nitrogens is 2. The lowest BCUT2D eigenvalue weighted by Gasteiger charge is -2.14. The Morgan fingerprint density at radius 3 is 2.70 bits per heavy atom. The van der Waals surface area contributed by atoms with Gasteiger partial charge in [-0.25, -0.2) is 4.98 Å². The number of nitrogens with zero attached hydrogens (tertiary/aromatic N) is 3. The van der Waals surface area contributed by atoms with Gasteiger partial charge in [0.1, 0.15) is 0 Å². The van der Waals surface area contributed by atoms with E-state index in [1.165, 1.54) is 24.3 Å². The predicted octanol–water partition coefficient (Wildman–Crippen LogP) is 1.61. The molecule has 7 heteroatoms. The van der Waals surface area contributed by atoms with Gasteiger partial charge in [0.15, 0.2) is 0 Å². The molecule has 1 heterocycles. The zero-order valence-corrected chi connectivity index (χ0v) is 10.9. The molecule has 0 aliphatic carbocycles. The van der Waals surface area contributed by atoms with Gasteiger partial charge in [0.25, 0.3) is 11.6 Å². The zero-order valence-electron chi connectivity index (χ0n) is 10.9. The van der Waals surface area contributed by atoms with Crippen molar-refractivity contribution in [2.45, 2.75) is 19.5 Å². The van der Waals surface area contributed by atoms with E-state index >= 15 is 0 Å². The third-order valence-corrected chi connectivity index (χ3v) is 2.76. The third kappa shape index (κ3) is 3.41. The van der Waals surface area contributed by atoms with E-state index in [-0.39, 0.29) is 17.6 Å². The van der Waals surface area contributed by atoms with E-state index in [1.807, 2.05) is 17.7 Å². The lowest BCUT2D eigenvalue weighted by molar-refractivity contribution is -0.384. The Balaban J connectivity index is 1.95. The van der Waals surface area contributed by atoms with Gasteiger partial charge in [-0.2, -0.15) is 0 Å². The van der Waals surface area contributed by atoms with E-state index in [0.29, 0.717) is 12.1 Å². The number of amides is 1. The van der Waals surface area contributed by atoms with E-state index in [4.69, 9.17) is 0 Å². The van der Waals surface area contributed by atoms with Crippen LogP contribution in [0.1, 0.15) is 17.3 Å². The van der Waals surface area contributed by atoms with Gasteiger partial charge in [0, 0.05) is 42.7 Å². The second kappa shape index (κ2) is 5.96. The van der Waals surface area contributed by atoms with Gasteiger partial charge in [-0.3, -0.25) is 14.9 Å². The quantitative estimate of drug-likeness (QED) is 0.662. The van der Waals surface area contributed by atoms with E-state index in [0.717, 1.165) is 0 Å². The Kier molecular flexibility index (Phi) is 4.09. The fraction of sp³-hybridized carbons (Fsp3) is 0.231. The van der Waals surface area contributed by atoms with Gasteiger partial charge in [-0.15, -0.1) is 0 Å². The molecule has 0 fully saturated rings. The van der Waals surface area contributed by atoms with Crippen molar-refractivity contribution < 1.29 is 9.72 Å². The van der Waals surface area contributed by atoms with Gasteiger partial charge in [0.05, 0.1) is 11.3 Å². The molecule has 1 aromatic heterocycles. The van der Waals surface area contributed by atoms with Crippen LogP contribution >= 0.6 is 0 Å². The molecule has 0 saturated carbocycles. The molecule has 1 unspecified atom stereocenters. The van der Waals surface area contributed by atoms with E-state index in [2.05, 4.69) is 10.3 Å². The third-order valence-electron chi connectivity index (χ3n) is 2.76. The standard InChI is InChI=1S/C13H14N4O3/c1-10(8-16-7-6-14-9-16)15-13(18)11-2-4-12(5-3-11)17(19)20/h2-7,9-10H,8H2,1H3,(H,15,18). The summed E-state index contributed by atoms with van der Waals surface area (Å²) in [6.45, 7) is 2.49.